The molecule has 3 aromatic heterocycles. The summed E-state index contributed by atoms with van der Waals surface area (Å²) in [5, 5.41) is 0. The lowest BCUT2D eigenvalue weighted by Crippen LogP contribution is -2.15. The van der Waals surface area contributed by atoms with Crippen molar-refractivity contribution in [2.24, 2.45) is 0 Å². The van der Waals surface area contributed by atoms with Crippen molar-refractivity contribution in [3.05, 3.63) is 119 Å². The molecule has 0 aliphatic carbocycles. The van der Waals surface area contributed by atoms with Crippen molar-refractivity contribution < 1.29 is 0 Å². The Bertz CT molecular complexity index is 1900. The Morgan fingerprint density at radius 1 is 0.641 bits per heavy atom. The molecule has 190 valence electrons. The molecule has 0 atom stereocenters. The Labute approximate surface area is 228 Å². The number of aromatic amines is 2. The van der Waals surface area contributed by atoms with Gasteiger partial charge in [0, 0.05) is 50.7 Å². The molecular formula is C35H30N4. The molecule has 0 unspecified atom stereocenters. The average molecular weight is 507 g/mol. The second-order valence-electron chi connectivity index (χ2n) is 11.2. The first-order valence-electron chi connectivity index (χ1n) is 13.5. The van der Waals surface area contributed by atoms with Gasteiger partial charge in [-0.2, -0.15) is 0 Å². The number of nitrogens with one attached hydrogen (secondary N) is 2. The first-order chi connectivity index (χ1) is 18.9. The van der Waals surface area contributed by atoms with E-state index in [0.29, 0.717) is 0 Å². The average Bonchev–Trinajstić information content (AvgIpc) is 3.72. The Morgan fingerprint density at radius 3 is 2.05 bits per heavy atom. The van der Waals surface area contributed by atoms with E-state index in [0.717, 1.165) is 73.5 Å². The molecule has 2 N–H and O–H groups in total. The van der Waals surface area contributed by atoms with E-state index in [1.165, 1.54) is 5.56 Å². The quantitative estimate of drug-likeness (QED) is 0.247. The van der Waals surface area contributed by atoms with Gasteiger partial charge in [-0.3, -0.25) is 4.98 Å². The third-order valence-electron chi connectivity index (χ3n) is 7.71. The molecule has 0 saturated heterocycles. The Hall–Kier alpha value is -4.70. The lowest BCUT2D eigenvalue weighted by molar-refractivity contribution is 0.544. The van der Waals surface area contributed by atoms with Gasteiger partial charge in [0.05, 0.1) is 17.1 Å². The molecule has 5 heterocycles. The molecule has 5 aromatic rings. The lowest BCUT2D eigenvalue weighted by Gasteiger charge is -2.16. The van der Waals surface area contributed by atoms with E-state index >= 15 is 0 Å². The zero-order valence-electron chi connectivity index (χ0n) is 22.4. The third-order valence-corrected chi connectivity index (χ3v) is 7.71. The van der Waals surface area contributed by atoms with Gasteiger partial charge in [-0.15, -0.1) is 0 Å². The van der Waals surface area contributed by atoms with E-state index in [1.807, 2.05) is 0 Å². The standard InChI is InChI=1S/C35H30N4/c1-22-9-11-24(12-10-22)33-28-16-15-26(37-28)19-25-13-14-27(36-25)20-32-35(2,3)21-31(39-32)34(23-7-5-4-6-8-23)30-18-17-29(33)38-30/h4-20,36-37H,21H2,1-3H3. The zero-order chi connectivity index (χ0) is 26.6. The van der Waals surface area contributed by atoms with Gasteiger partial charge in [0.2, 0.25) is 0 Å². The number of nitrogens with zero attached hydrogens (tertiary/aromatic N) is 2. The van der Waals surface area contributed by atoms with Gasteiger partial charge < -0.3 is 9.97 Å². The largest absolute Gasteiger partial charge is 0.355 e. The van der Waals surface area contributed by atoms with E-state index in [-0.39, 0.29) is 5.41 Å². The van der Waals surface area contributed by atoms with Crippen LogP contribution < -0.4 is 0 Å². The first kappa shape index (κ1) is 23.4. The highest BCUT2D eigenvalue weighted by atomic mass is 14.8. The summed E-state index contributed by atoms with van der Waals surface area (Å²) in [7, 11) is 0. The maximum Gasteiger partial charge on any atom is 0.0737 e. The highest BCUT2D eigenvalue weighted by Gasteiger charge is 2.31. The minimum Gasteiger partial charge on any atom is -0.355 e. The summed E-state index contributed by atoms with van der Waals surface area (Å²) in [6.07, 6.45) is 5.14. The number of H-pyrrole nitrogens is 2. The summed E-state index contributed by atoms with van der Waals surface area (Å²) < 4.78 is 0. The van der Waals surface area contributed by atoms with Gasteiger partial charge in [0.15, 0.2) is 0 Å². The van der Waals surface area contributed by atoms with Crippen molar-refractivity contribution in [1.29, 1.82) is 0 Å². The molecule has 0 radical (unpaired) electrons. The molecule has 2 aliphatic rings. The number of benzene rings is 2. The smallest absolute Gasteiger partial charge is 0.0737 e. The number of hydrogen-bond donors (Lipinski definition) is 2. The Balaban J connectivity index is 1.64. The van der Waals surface area contributed by atoms with E-state index in [2.05, 4.69) is 134 Å². The number of aryl methyl sites for hydroxylation is 1. The monoisotopic (exact) mass is 506 g/mol. The van der Waals surface area contributed by atoms with Crippen LogP contribution in [0.2, 0.25) is 0 Å². The summed E-state index contributed by atoms with van der Waals surface area (Å²) in [4.78, 5) is 17.7. The van der Waals surface area contributed by atoms with E-state index in [4.69, 9.17) is 9.97 Å². The molecule has 0 saturated carbocycles. The van der Waals surface area contributed by atoms with E-state index in [9.17, 15) is 0 Å². The topological polar surface area (TPSA) is 57.4 Å². The molecule has 2 aliphatic heterocycles. The minimum atomic E-state index is -0.0964. The maximum atomic E-state index is 5.28. The van der Waals surface area contributed by atoms with E-state index in [1.54, 1.807) is 0 Å². The zero-order valence-corrected chi connectivity index (χ0v) is 22.4. The van der Waals surface area contributed by atoms with Crippen molar-refractivity contribution in [3.8, 4) is 22.3 Å². The molecule has 0 fully saturated rings. The highest BCUT2D eigenvalue weighted by Crippen LogP contribution is 2.38. The molecule has 7 rings (SSSR count). The summed E-state index contributed by atoms with van der Waals surface area (Å²) >= 11 is 0. The predicted octanol–water partition coefficient (Wildman–Crippen LogP) is 8.65. The van der Waals surface area contributed by atoms with Gasteiger partial charge in [-0.1, -0.05) is 74.0 Å². The molecule has 0 spiro atoms. The molecule has 0 amide bonds. The van der Waals surface area contributed by atoms with E-state index < -0.39 is 0 Å². The van der Waals surface area contributed by atoms with Crippen LogP contribution >= 0.6 is 0 Å². The number of hydrogen-bond acceptors (Lipinski definition) is 2. The second kappa shape index (κ2) is 8.95. The normalized spacial score (nSPS) is 14.0. The van der Waals surface area contributed by atoms with Crippen molar-refractivity contribution in [3.63, 3.8) is 0 Å². The number of fused-ring (bicyclic) bond motifs is 8. The SMILES string of the molecule is Cc1ccc(-c2c3nc(c(-c4ccccc4)c4nc(cc5ccc(cc6ccc2[nH]6)[nH]5)C(C)(C)C4)C=C3)cc1. The fraction of sp³-hybridized carbons (Fsp3) is 0.143. The summed E-state index contributed by atoms with van der Waals surface area (Å²) in [6, 6.07) is 32.1. The fourth-order valence-electron chi connectivity index (χ4n) is 5.64. The fourth-order valence-corrected chi connectivity index (χ4v) is 5.64. The summed E-state index contributed by atoms with van der Waals surface area (Å²) in [5.74, 6) is 0. The summed E-state index contributed by atoms with van der Waals surface area (Å²) in [5.41, 5.74) is 13.8. The van der Waals surface area contributed by atoms with Crippen LogP contribution in [0.25, 0.3) is 56.5 Å². The van der Waals surface area contributed by atoms with Crippen LogP contribution in [-0.4, -0.2) is 19.9 Å². The van der Waals surface area contributed by atoms with Crippen molar-refractivity contribution in [2.75, 3.05) is 0 Å². The molecular weight excluding hydrogens is 476 g/mol. The highest BCUT2D eigenvalue weighted by molar-refractivity contribution is 5.92. The van der Waals surface area contributed by atoms with Crippen LogP contribution in [0.3, 0.4) is 0 Å². The molecule has 4 heteroatoms. The van der Waals surface area contributed by atoms with Crippen LogP contribution in [0.5, 0.6) is 0 Å². The second-order valence-corrected chi connectivity index (χ2v) is 11.2. The molecule has 39 heavy (non-hydrogen) atoms. The van der Waals surface area contributed by atoms with Gasteiger partial charge in [0.1, 0.15) is 0 Å². The van der Waals surface area contributed by atoms with Crippen LogP contribution in [0.4, 0.5) is 0 Å². The van der Waals surface area contributed by atoms with Gasteiger partial charge >= 0.3 is 0 Å². The number of rotatable bonds is 2. The van der Waals surface area contributed by atoms with Gasteiger partial charge in [-0.25, -0.2) is 4.98 Å². The molecule has 2 aromatic carbocycles. The predicted molar refractivity (Wildman–Crippen MR) is 162 cm³/mol. The molecule has 4 nitrogen and oxygen atoms in total. The summed E-state index contributed by atoms with van der Waals surface area (Å²) in [6.45, 7) is 6.66. The third kappa shape index (κ3) is 4.28. The Kier molecular flexibility index (Phi) is 5.38. The van der Waals surface area contributed by atoms with Crippen LogP contribution in [0.1, 0.15) is 42.2 Å². The maximum absolute atomic E-state index is 5.28. The lowest BCUT2D eigenvalue weighted by atomic mass is 9.85. The van der Waals surface area contributed by atoms with Crippen molar-refractivity contribution in [1.82, 2.24) is 19.9 Å². The van der Waals surface area contributed by atoms with Crippen molar-refractivity contribution in [2.45, 2.75) is 32.6 Å². The minimum absolute atomic E-state index is 0.0964. The van der Waals surface area contributed by atoms with Crippen molar-refractivity contribution >= 4 is 34.2 Å². The van der Waals surface area contributed by atoms with Gasteiger partial charge in [0.25, 0.3) is 0 Å². The van der Waals surface area contributed by atoms with Crippen LogP contribution in [0.15, 0.2) is 91.0 Å². The first-order valence-corrected chi connectivity index (χ1v) is 13.5. The Morgan fingerprint density at radius 2 is 1.28 bits per heavy atom. The van der Waals surface area contributed by atoms with Crippen LogP contribution in [0, 0.1) is 6.92 Å². The molecule has 8 bridgehead atoms. The van der Waals surface area contributed by atoms with Gasteiger partial charge in [-0.05, 0) is 66.6 Å². The number of aromatic nitrogens is 4. The van der Waals surface area contributed by atoms with Crippen LogP contribution in [-0.2, 0) is 11.8 Å².